The van der Waals surface area contributed by atoms with Crippen LogP contribution < -0.4 is 21.8 Å². The van der Waals surface area contributed by atoms with E-state index >= 15 is 0 Å². The van der Waals surface area contributed by atoms with E-state index in [0.717, 1.165) is 47.8 Å². The topological polar surface area (TPSA) is 135 Å². The quantitative estimate of drug-likeness (QED) is 0.119. The van der Waals surface area contributed by atoms with Gasteiger partial charge in [-0.05, 0) is 18.3 Å². The molecule has 2 aromatic heterocycles. The minimum Gasteiger partial charge on any atom is -0.440 e. The fraction of sp³-hybridized carbons (Fsp3) is 0.375. The van der Waals surface area contributed by atoms with Gasteiger partial charge in [-0.1, -0.05) is 88.4 Å². The van der Waals surface area contributed by atoms with Gasteiger partial charge in [-0.25, -0.2) is 10.8 Å². The lowest BCUT2D eigenvalue weighted by Crippen LogP contribution is -2.76. The van der Waals surface area contributed by atoms with Gasteiger partial charge in [0.05, 0.1) is 13.2 Å². The molecule has 0 atom stereocenters. The maximum atomic E-state index is 6.43. The summed E-state index contributed by atoms with van der Waals surface area (Å²) < 4.78 is 6.28. The molecule has 0 fully saturated rings. The number of hydrogen-bond acceptors (Lipinski definition) is 9. The molecular formula is C32H44N9O+. The van der Waals surface area contributed by atoms with Crippen LogP contribution in [0.1, 0.15) is 45.8 Å². The van der Waals surface area contributed by atoms with E-state index in [2.05, 4.69) is 65.4 Å². The molecule has 0 unspecified atom stereocenters. The predicted molar refractivity (Wildman–Crippen MR) is 169 cm³/mol. The number of hydrazine groups is 1. The van der Waals surface area contributed by atoms with Gasteiger partial charge in [-0.3, -0.25) is 0 Å². The number of nitrogens with one attached hydrogen (secondary N) is 2. The Morgan fingerprint density at radius 1 is 0.857 bits per heavy atom. The van der Waals surface area contributed by atoms with Crippen molar-refractivity contribution >= 4 is 17.6 Å². The first-order valence-corrected chi connectivity index (χ1v) is 14.7. The second kappa shape index (κ2) is 15.1. The third-order valence-corrected chi connectivity index (χ3v) is 6.41. The second-order valence-electron chi connectivity index (χ2n) is 11.1. The normalized spacial score (nSPS) is 11.8. The molecule has 0 saturated heterocycles. The highest BCUT2D eigenvalue weighted by Gasteiger charge is 2.18. The third-order valence-electron chi connectivity index (χ3n) is 6.41. The van der Waals surface area contributed by atoms with E-state index in [4.69, 9.17) is 15.2 Å². The van der Waals surface area contributed by atoms with E-state index < -0.39 is 0 Å². The molecule has 0 radical (unpaired) electrons. The van der Waals surface area contributed by atoms with Crippen molar-refractivity contribution < 1.29 is 9.73 Å². The Morgan fingerprint density at radius 2 is 1.43 bits per heavy atom. The molecule has 2 aromatic carbocycles. The molecule has 0 aliphatic carbocycles. The highest BCUT2D eigenvalue weighted by Crippen LogP contribution is 2.32. The standard InChI is InChI=1S/C32H43N9O/c1-22(2)19-35-31-38-30(39-32(40-31)36-20-23(3)4)26(34-5)21-41(33)18-12-17-27-37-28(24-13-8-6-9-14-24)29(42-27)25-15-10-7-11-16-25/h6-11,13-16,21-23,34H,12,17-20,33H2,1-5H3,(H2,35,36,38,39,40)/p+1/b26-21-. The van der Waals surface area contributed by atoms with E-state index in [-0.39, 0.29) is 0 Å². The lowest BCUT2D eigenvalue weighted by molar-refractivity contribution is -0.531. The van der Waals surface area contributed by atoms with Gasteiger partial charge in [0.2, 0.25) is 17.7 Å². The maximum Gasteiger partial charge on any atom is 0.228 e. The number of quaternary nitrogens is 1. The number of aryl methyl sites for hydroxylation is 1. The fourth-order valence-electron chi connectivity index (χ4n) is 4.22. The molecule has 6 N–H and O–H groups in total. The van der Waals surface area contributed by atoms with Crippen LogP contribution in [0.15, 0.2) is 71.3 Å². The van der Waals surface area contributed by atoms with E-state index in [0.29, 0.717) is 48.4 Å². The molecule has 10 nitrogen and oxygen atoms in total. The summed E-state index contributed by atoms with van der Waals surface area (Å²) in [4.78, 5) is 18.8. The molecule has 0 aliphatic rings. The average Bonchev–Trinajstić information content (AvgIpc) is 3.43. The number of anilines is 2. The summed E-state index contributed by atoms with van der Waals surface area (Å²) >= 11 is 0. The molecule has 4 aromatic rings. The first-order chi connectivity index (χ1) is 20.3. The minimum atomic E-state index is 0.459. The van der Waals surface area contributed by atoms with Gasteiger partial charge >= 0.3 is 0 Å². The number of oxazole rings is 1. The monoisotopic (exact) mass is 570 g/mol. The van der Waals surface area contributed by atoms with Crippen molar-refractivity contribution in [2.24, 2.45) is 17.7 Å². The first kappa shape index (κ1) is 30.7. The fourth-order valence-corrected chi connectivity index (χ4v) is 4.22. The van der Waals surface area contributed by atoms with Crippen molar-refractivity contribution in [1.29, 1.82) is 0 Å². The van der Waals surface area contributed by atoms with Crippen LogP contribution in [0, 0.1) is 11.8 Å². The highest BCUT2D eigenvalue weighted by atomic mass is 16.4. The molecule has 0 amide bonds. The van der Waals surface area contributed by atoms with Crippen LogP contribution in [-0.4, -0.2) is 51.6 Å². The van der Waals surface area contributed by atoms with Crippen molar-refractivity contribution in [3.8, 4) is 22.6 Å². The summed E-state index contributed by atoms with van der Waals surface area (Å²) in [5, 5.41) is 10.3. The van der Waals surface area contributed by atoms with Gasteiger partial charge in [0.25, 0.3) is 0 Å². The molecule has 0 bridgehead atoms. The Kier molecular flexibility index (Phi) is 11.0. The van der Waals surface area contributed by atoms with Crippen molar-refractivity contribution in [1.82, 2.24) is 24.9 Å². The van der Waals surface area contributed by atoms with Crippen molar-refractivity contribution in [3.05, 3.63) is 78.6 Å². The zero-order chi connectivity index (χ0) is 29.9. The van der Waals surface area contributed by atoms with Gasteiger partial charge < -0.3 is 25.4 Å². The Morgan fingerprint density at radius 3 is 1.98 bits per heavy atom. The largest absolute Gasteiger partial charge is 0.440 e. The smallest absolute Gasteiger partial charge is 0.228 e. The third kappa shape index (κ3) is 8.86. The molecule has 0 aliphatic heterocycles. The number of rotatable bonds is 15. The van der Waals surface area contributed by atoms with Crippen LogP contribution in [0.25, 0.3) is 28.3 Å². The molecule has 0 spiro atoms. The van der Waals surface area contributed by atoms with Gasteiger partial charge in [0.1, 0.15) is 5.69 Å². The molecule has 0 saturated carbocycles. The zero-order valence-corrected chi connectivity index (χ0v) is 25.3. The van der Waals surface area contributed by atoms with Crippen LogP contribution in [0.3, 0.4) is 0 Å². The van der Waals surface area contributed by atoms with Crippen LogP contribution in [0.4, 0.5) is 11.9 Å². The summed E-state index contributed by atoms with van der Waals surface area (Å²) in [6, 6.07) is 20.2. The molecule has 4 rings (SSSR count). The number of aromatic nitrogens is 4. The van der Waals surface area contributed by atoms with Crippen LogP contribution in [-0.2, 0) is 6.42 Å². The maximum absolute atomic E-state index is 6.43. The van der Waals surface area contributed by atoms with Gasteiger partial charge in [0, 0.05) is 37.2 Å². The second-order valence-corrected chi connectivity index (χ2v) is 11.1. The summed E-state index contributed by atoms with van der Waals surface area (Å²) in [5.74, 6) is 10.5. The van der Waals surface area contributed by atoms with Gasteiger partial charge in [0.15, 0.2) is 17.3 Å². The Bertz CT molecular complexity index is 1330. The van der Waals surface area contributed by atoms with Crippen LogP contribution in [0.5, 0.6) is 0 Å². The number of hydrogen-bond donors (Lipinski definition) is 4. The summed E-state index contributed by atoms with van der Waals surface area (Å²) in [6.07, 6.45) is 3.28. The first-order valence-electron chi connectivity index (χ1n) is 14.7. The van der Waals surface area contributed by atoms with Gasteiger partial charge in [-0.2, -0.15) is 15.0 Å². The molecule has 42 heavy (non-hydrogen) atoms. The Labute approximate surface area is 248 Å². The zero-order valence-electron chi connectivity index (χ0n) is 25.3. The van der Waals surface area contributed by atoms with Crippen molar-refractivity contribution in [3.63, 3.8) is 0 Å². The molecule has 2 heterocycles. The Balaban J connectivity index is 1.47. The number of nitrogens with zero attached hydrogens (tertiary/aromatic N) is 5. The number of nitrogens with two attached hydrogens (primary N) is 2. The van der Waals surface area contributed by atoms with Crippen molar-refractivity contribution in [2.45, 2.75) is 40.5 Å². The number of benzene rings is 2. The molecule has 222 valence electrons. The predicted octanol–water partition coefficient (Wildman–Crippen LogP) is 4.63. The minimum absolute atomic E-state index is 0.459. The average molecular weight is 571 g/mol. The summed E-state index contributed by atoms with van der Waals surface area (Å²) in [7, 11) is 1.95. The molecular weight excluding hydrogens is 526 g/mol. The summed E-state index contributed by atoms with van der Waals surface area (Å²) in [6.45, 7) is 10.7. The van der Waals surface area contributed by atoms with E-state index in [1.165, 1.54) is 0 Å². The van der Waals surface area contributed by atoms with E-state index in [1.807, 2.05) is 67.1 Å². The van der Waals surface area contributed by atoms with Crippen LogP contribution >= 0.6 is 0 Å². The van der Waals surface area contributed by atoms with E-state index in [9.17, 15) is 0 Å². The molecule has 10 heteroatoms. The summed E-state index contributed by atoms with van der Waals surface area (Å²) in [5.41, 5.74) is 3.69. The highest BCUT2D eigenvalue weighted by molar-refractivity contribution is 5.76. The lowest BCUT2D eigenvalue weighted by atomic mass is 10.1. The van der Waals surface area contributed by atoms with Gasteiger partial charge in [-0.15, -0.1) is 0 Å². The Hall–Kier alpha value is -4.28. The van der Waals surface area contributed by atoms with Crippen LogP contribution in [0.2, 0.25) is 0 Å². The van der Waals surface area contributed by atoms with E-state index in [1.54, 1.807) is 5.01 Å². The lowest BCUT2D eigenvalue weighted by Gasteiger charge is -2.15. The SMILES string of the molecule is C[NH2+]/C(=C\N(N)CCCc1nc(-c2ccccc2)c(-c2ccccc2)o1)c1nc(NCC(C)C)nc(NCC(C)C)n1. The van der Waals surface area contributed by atoms with Crippen molar-refractivity contribution in [2.75, 3.05) is 37.3 Å².